The van der Waals surface area contributed by atoms with Crippen molar-refractivity contribution in [2.75, 3.05) is 17.2 Å². The smallest absolute Gasteiger partial charge is 0.225 e. The van der Waals surface area contributed by atoms with Gasteiger partial charge in [-0.25, -0.2) is 4.98 Å². The standard InChI is InChI=1S/C20H23BrN6O/c1-12(11-28)18(14-5-3-2-4-6-14)24-20-22-10-15(21)19(25-20)23-17-9-16(26-27-17)13-7-8-13/h2-6,9-10,12-13,18,28H,7-8,11H2,1H3,(H3,22,23,24,25,26,27). The van der Waals surface area contributed by atoms with Crippen LogP contribution < -0.4 is 10.6 Å². The van der Waals surface area contributed by atoms with Crippen LogP contribution in [0, 0.1) is 5.92 Å². The van der Waals surface area contributed by atoms with Crippen LogP contribution in [0.15, 0.2) is 47.1 Å². The van der Waals surface area contributed by atoms with E-state index in [4.69, 9.17) is 0 Å². The molecule has 2 aromatic heterocycles. The number of aliphatic hydroxyl groups is 1. The van der Waals surface area contributed by atoms with Crippen LogP contribution in [-0.2, 0) is 0 Å². The molecule has 8 heteroatoms. The summed E-state index contributed by atoms with van der Waals surface area (Å²) >= 11 is 3.50. The number of H-pyrrole nitrogens is 1. The van der Waals surface area contributed by atoms with E-state index in [9.17, 15) is 5.11 Å². The van der Waals surface area contributed by atoms with Gasteiger partial charge in [-0.15, -0.1) is 0 Å². The van der Waals surface area contributed by atoms with Gasteiger partial charge in [-0.3, -0.25) is 5.10 Å². The maximum atomic E-state index is 9.68. The van der Waals surface area contributed by atoms with Crippen LogP contribution in [0.25, 0.3) is 0 Å². The summed E-state index contributed by atoms with van der Waals surface area (Å²) < 4.78 is 0.750. The van der Waals surface area contributed by atoms with E-state index in [0.29, 0.717) is 17.7 Å². The fourth-order valence-electron chi connectivity index (χ4n) is 3.11. The van der Waals surface area contributed by atoms with Gasteiger partial charge >= 0.3 is 0 Å². The van der Waals surface area contributed by atoms with Gasteiger partial charge in [-0.2, -0.15) is 10.1 Å². The van der Waals surface area contributed by atoms with Gasteiger partial charge in [0, 0.05) is 36.4 Å². The first-order valence-corrected chi connectivity index (χ1v) is 10.2. The van der Waals surface area contributed by atoms with Gasteiger partial charge in [0.05, 0.1) is 10.5 Å². The van der Waals surface area contributed by atoms with Crippen LogP contribution >= 0.6 is 15.9 Å². The Morgan fingerprint density at radius 2 is 2.07 bits per heavy atom. The summed E-state index contributed by atoms with van der Waals surface area (Å²) in [5, 5.41) is 23.7. The van der Waals surface area contributed by atoms with Crippen LogP contribution in [-0.4, -0.2) is 31.9 Å². The van der Waals surface area contributed by atoms with Crippen LogP contribution in [0.5, 0.6) is 0 Å². The monoisotopic (exact) mass is 442 g/mol. The molecule has 3 aromatic rings. The zero-order valence-electron chi connectivity index (χ0n) is 15.6. The summed E-state index contributed by atoms with van der Waals surface area (Å²) in [5.41, 5.74) is 2.23. The molecular formula is C20H23BrN6O. The molecule has 28 heavy (non-hydrogen) atoms. The molecule has 2 atom stereocenters. The predicted molar refractivity (Wildman–Crippen MR) is 113 cm³/mol. The molecule has 0 spiro atoms. The van der Waals surface area contributed by atoms with Gasteiger partial charge in [0.2, 0.25) is 5.95 Å². The third-order valence-electron chi connectivity index (χ3n) is 4.91. The van der Waals surface area contributed by atoms with Gasteiger partial charge in [0.15, 0.2) is 11.6 Å². The lowest BCUT2D eigenvalue weighted by molar-refractivity contribution is 0.222. The number of nitrogens with one attached hydrogen (secondary N) is 3. The Morgan fingerprint density at radius 3 is 2.79 bits per heavy atom. The van der Waals surface area contributed by atoms with Crippen molar-refractivity contribution in [2.45, 2.75) is 31.7 Å². The van der Waals surface area contributed by atoms with Gasteiger partial charge in [0.25, 0.3) is 0 Å². The quantitative estimate of drug-likeness (QED) is 0.413. The van der Waals surface area contributed by atoms with Crippen molar-refractivity contribution in [3.05, 3.63) is 58.3 Å². The highest BCUT2D eigenvalue weighted by Crippen LogP contribution is 2.39. The van der Waals surface area contributed by atoms with Crippen molar-refractivity contribution in [2.24, 2.45) is 5.92 Å². The number of hydrogen-bond donors (Lipinski definition) is 4. The molecule has 146 valence electrons. The van der Waals surface area contributed by atoms with Gasteiger partial charge < -0.3 is 15.7 Å². The Morgan fingerprint density at radius 1 is 1.29 bits per heavy atom. The second-order valence-electron chi connectivity index (χ2n) is 7.19. The van der Waals surface area contributed by atoms with Gasteiger partial charge in [-0.05, 0) is 34.3 Å². The lowest BCUT2D eigenvalue weighted by Gasteiger charge is -2.24. The average molecular weight is 443 g/mol. The molecule has 2 heterocycles. The maximum Gasteiger partial charge on any atom is 0.225 e. The fraction of sp³-hybridized carbons (Fsp3) is 0.350. The minimum Gasteiger partial charge on any atom is -0.396 e. The minimum absolute atomic E-state index is 0.00139. The lowest BCUT2D eigenvalue weighted by Crippen LogP contribution is -2.22. The predicted octanol–water partition coefficient (Wildman–Crippen LogP) is 4.36. The number of aromatic nitrogens is 4. The number of benzene rings is 1. The Labute approximate surface area is 172 Å². The molecule has 0 saturated heterocycles. The molecule has 7 nitrogen and oxygen atoms in total. The Bertz CT molecular complexity index is 927. The third-order valence-corrected chi connectivity index (χ3v) is 5.49. The van der Waals surface area contributed by atoms with E-state index < -0.39 is 0 Å². The first-order valence-electron chi connectivity index (χ1n) is 9.41. The molecule has 1 fully saturated rings. The van der Waals surface area contributed by atoms with Gasteiger partial charge in [-0.1, -0.05) is 37.3 Å². The third kappa shape index (κ3) is 4.34. The van der Waals surface area contributed by atoms with E-state index in [0.717, 1.165) is 21.5 Å². The normalized spacial score (nSPS) is 15.8. The van der Waals surface area contributed by atoms with E-state index in [1.54, 1.807) is 6.20 Å². The van der Waals surface area contributed by atoms with Crippen LogP contribution in [0.1, 0.15) is 43.0 Å². The average Bonchev–Trinajstić information content (AvgIpc) is 3.47. The highest BCUT2D eigenvalue weighted by atomic mass is 79.9. The molecule has 4 N–H and O–H groups in total. The van der Waals surface area contributed by atoms with Crippen molar-refractivity contribution < 1.29 is 5.11 Å². The van der Waals surface area contributed by atoms with Crippen LogP contribution in [0.3, 0.4) is 0 Å². The van der Waals surface area contributed by atoms with E-state index in [1.165, 1.54) is 12.8 Å². The van der Waals surface area contributed by atoms with Crippen molar-refractivity contribution in [3.63, 3.8) is 0 Å². The number of aromatic amines is 1. The molecular weight excluding hydrogens is 420 g/mol. The van der Waals surface area contributed by atoms with Gasteiger partial charge in [0.1, 0.15) is 0 Å². The zero-order chi connectivity index (χ0) is 19.5. The summed E-state index contributed by atoms with van der Waals surface area (Å²) in [4.78, 5) is 8.99. The number of nitrogens with zero attached hydrogens (tertiary/aromatic N) is 3. The molecule has 1 aliphatic carbocycles. The SMILES string of the molecule is CC(CO)C(Nc1ncc(Br)c(Nc2cc(C3CC3)[nH]n2)n1)c1ccccc1. The molecule has 1 aromatic carbocycles. The first-order chi connectivity index (χ1) is 13.6. The summed E-state index contributed by atoms with van der Waals surface area (Å²) in [6.07, 6.45) is 4.14. The molecule has 1 saturated carbocycles. The molecule has 1 aliphatic rings. The maximum absolute atomic E-state index is 9.68. The van der Waals surface area contributed by atoms with Crippen molar-refractivity contribution >= 4 is 33.5 Å². The number of anilines is 3. The number of halogens is 1. The molecule has 4 rings (SSSR count). The number of aliphatic hydroxyl groups excluding tert-OH is 1. The van der Waals surface area contributed by atoms with Crippen molar-refractivity contribution in [1.82, 2.24) is 20.2 Å². The van der Waals surface area contributed by atoms with Crippen molar-refractivity contribution in [1.29, 1.82) is 0 Å². The number of rotatable bonds is 8. The molecule has 2 unspecified atom stereocenters. The second kappa shape index (κ2) is 8.28. The molecule has 0 amide bonds. The van der Waals surface area contributed by atoms with E-state index in [1.807, 2.05) is 43.3 Å². The van der Waals surface area contributed by atoms with E-state index >= 15 is 0 Å². The van der Waals surface area contributed by atoms with Crippen LogP contribution in [0.4, 0.5) is 17.6 Å². The highest BCUT2D eigenvalue weighted by Gasteiger charge is 2.25. The second-order valence-corrected chi connectivity index (χ2v) is 8.04. The Hall–Kier alpha value is -2.45. The van der Waals surface area contributed by atoms with Crippen molar-refractivity contribution in [3.8, 4) is 0 Å². The zero-order valence-corrected chi connectivity index (χ0v) is 17.1. The molecule has 0 bridgehead atoms. The molecule has 0 aliphatic heterocycles. The fourth-order valence-corrected chi connectivity index (χ4v) is 3.40. The summed E-state index contributed by atoms with van der Waals surface area (Å²) in [6.45, 7) is 2.05. The minimum atomic E-state index is -0.105. The first kappa shape index (κ1) is 18.9. The summed E-state index contributed by atoms with van der Waals surface area (Å²) in [6, 6.07) is 11.9. The highest BCUT2D eigenvalue weighted by molar-refractivity contribution is 9.10. The topological polar surface area (TPSA) is 98.8 Å². The number of hydrogen-bond acceptors (Lipinski definition) is 6. The van der Waals surface area contributed by atoms with E-state index in [2.05, 4.69) is 46.7 Å². The van der Waals surface area contributed by atoms with E-state index in [-0.39, 0.29) is 18.6 Å². The summed E-state index contributed by atoms with van der Waals surface area (Å²) in [7, 11) is 0. The summed E-state index contributed by atoms with van der Waals surface area (Å²) in [5.74, 6) is 2.46. The lowest BCUT2D eigenvalue weighted by atomic mass is 9.95. The molecule has 0 radical (unpaired) electrons. The van der Waals surface area contributed by atoms with Crippen LogP contribution in [0.2, 0.25) is 0 Å². The largest absolute Gasteiger partial charge is 0.396 e. The Balaban J connectivity index is 1.54. The Kier molecular flexibility index (Phi) is 5.59.